The number of furan rings is 1. The van der Waals surface area contributed by atoms with Gasteiger partial charge >= 0.3 is 0 Å². The Labute approximate surface area is 113 Å². The number of hydrogen-bond acceptors (Lipinski definition) is 4. The van der Waals surface area contributed by atoms with E-state index in [-0.39, 0.29) is 6.04 Å². The molecule has 4 nitrogen and oxygen atoms in total. The largest absolute Gasteiger partial charge is 0.493 e. The van der Waals surface area contributed by atoms with Crippen molar-refractivity contribution in [3.8, 4) is 11.5 Å². The Balaban J connectivity index is 1.99. The highest BCUT2D eigenvalue weighted by Gasteiger charge is 2.08. The molecule has 0 amide bonds. The van der Waals surface area contributed by atoms with Crippen LogP contribution in [0.5, 0.6) is 11.5 Å². The number of nitrogens with one attached hydrogen (secondary N) is 1. The summed E-state index contributed by atoms with van der Waals surface area (Å²) in [6.07, 6.45) is 3.44. The maximum atomic E-state index is 5.29. The van der Waals surface area contributed by atoms with E-state index in [0.717, 1.165) is 29.2 Å². The topological polar surface area (TPSA) is 43.6 Å². The van der Waals surface area contributed by atoms with Crippen molar-refractivity contribution in [2.75, 3.05) is 14.2 Å². The molecule has 0 fully saturated rings. The van der Waals surface area contributed by atoms with Gasteiger partial charge in [0.15, 0.2) is 11.5 Å². The Kier molecular flexibility index (Phi) is 4.47. The standard InChI is InChI=1S/C15H19NO3/c1-11(13-6-7-19-10-13)16-9-12-4-5-14(17-2)15(8-12)18-3/h4-8,10-11,16H,9H2,1-3H3. The fourth-order valence-electron chi connectivity index (χ4n) is 1.90. The van der Waals surface area contributed by atoms with Gasteiger partial charge in [-0.15, -0.1) is 0 Å². The minimum atomic E-state index is 0.242. The van der Waals surface area contributed by atoms with E-state index >= 15 is 0 Å². The first-order valence-electron chi connectivity index (χ1n) is 6.21. The Morgan fingerprint density at radius 2 is 1.95 bits per heavy atom. The molecule has 0 bridgehead atoms. The maximum absolute atomic E-state index is 5.29. The zero-order chi connectivity index (χ0) is 13.7. The van der Waals surface area contributed by atoms with Crippen molar-refractivity contribution in [2.24, 2.45) is 0 Å². The summed E-state index contributed by atoms with van der Waals surface area (Å²) in [6.45, 7) is 2.86. The molecule has 102 valence electrons. The third-order valence-corrected chi connectivity index (χ3v) is 3.10. The smallest absolute Gasteiger partial charge is 0.161 e. The highest BCUT2D eigenvalue weighted by atomic mass is 16.5. The van der Waals surface area contributed by atoms with Gasteiger partial charge in [-0.1, -0.05) is 6.07 Å². The van der Waals surface area contributed by atoms with Crippen LogP contribution in [-0.2, 0) is 6.54 Å². The second kappa shape index (κ2) is 6.29. The van der Waals surface area contributed by atoms with Crippen molar-refractivity contribution in [3.63, 3.8) is 0 Å². The van der Waals surface area contributed by atoms with Gasteiger partial charge in [0.05, 0.1) is 26.7 Å². The van der Waals surface area contributed by atoms with E-state index < -0.39 is 0 Å². The van der Waals surface area contributed by atoms with Crippen LogP contribution in [0.3, 0.4) is 0 Å². The Morgan fingerprint density at radius 3 is 2.58 bits per heavy atom. The molecule has 1 atom stereocenters. The van der Waals surface area contributed by atoms with Gasteiger partial charge in [-0.3, -0.25) is 0 Å². The molecule has 0 spiro atoms. The Morgan fingerprint density at radius 1 is 1.16 bits per heavy atom. The van der Waals surface area contributed by atoms with Crippen molar-refractivity contribution in [3.05, 3.63) is 47.9 Å². The fraction of sp³-hybridized carbons (Fsp3) is 0.333. The molecule has 19 heavy (non-hydrogen) atoms. The van der Waals surface area contributed by atoms with Crippen LogP contribution in [0.4, 0.5) is 0 Å². The Hall–Kier alpha value is -1.94. The van der Waals surface area contributed by atoms with Crippen LogP contribution in [0.15, 0.2) is 41.2 Å². The molecule has 0 aliphatic heterocycles. The number of benzene rings is 1. The van der Waals surface area contributed by atoms with E-state index in [4.69, 9.17) is 13.9 Å². The third-order valence-electron chi connectivity index (χ3n) is 3.10. The lowest BCUT2D eigenvalue weighted by molar-refractivity contribution is 0.354. The predicted molar refractivity (Wildman–Crippen MR) is 73.5 cm³/mol. The zero-order valence-electron chi connectivity index (χ0n) is 11.5. The molecule has 1 heterocycles. The first kappa shape index (κ1) is 13.5. The summed E-state index contributed by atoms with van der Waals surface area (Å²) in [4.78, 5) is 0. The van der Waals surface area contributed by atoms with E-state index in [1.807, 2.05) is 24.3 Å². The summed E-state index contributed by atoms with van der Waals surface area (Å²) >= 11 is 0. The van der Waals surface area contributed by atoms with Gasteiger partial charge in [0.2, 0.25) is 0 Å². The summed E-state index contributed by atoms with van der Waals surface area (Å²) in [5.41, 5.74) is 2.29. The average molecular weight is 261 g/mol. The molecule has 1 N–H and O–H groups in total. The maximum Gasteiger partial charge on any atom is 0.161 e. The fourth-order valence-corrected chi connectivity index (χ4v) is 1.90. The van der Waals surface area contributed by atoms with Crippen LogP contribution in [0.1, 0.15) is 24.1 Å². The minimum Gasteiger partial charge on any atom is -0.493 e. The lowest BCUT2D eigenvalue weighted by Gasteiger charge is -2.13. The van der Waals surface area contributed by atoms with E-state index in [9.17, 15) is 0 Å². The molecule has 1 aromatic heterocycles. The molecule has 0 aliphatic carbocycles. The monoisotopic (exact) mass is 261 g/mol. The van der Waals surface area contributed by atoms with E-state index in [2.05, 4.69) is 12.2 Å². The molecule has 0 radical (unpaired) electrons. The molecule has 2 aromatic rings. The van der Waals surface area contributed by atoms with Crippen molar-refractivity contribution in [1.82, 2.24) is 5.32 Å². The van der Waals surface area contributed by atoms with Crippen molar-refractivity contribution in [1.29, 1.82) is 0 Å². The lowest BCUT2D eigenvalue weighted by atomic mass is 10.1. The van der Waals surface area contributed by atoms with Gasteiger partial charge in [0.1, 0.15) is 0 Å². The predicted octanol–water partition coefficient (Wildman–Crippen LogP) is 3.15. The molecular weight excluding hydrogens is 242 g/mol. The molecular formula is C15H19NO3. The lowest BCUT2D eigenvalue weighted by Crippen LogP contribution is -2.17. The van der Waals surface area contributed by atoms with Gasteiger partial charge < -0.3 is 19.2 Å². The minimum absolute atomic E-state index is 0.242. The summed E-state index contributed by atoms with van der Waals surface area (Å²) in [5, 5.41) is 3.43. The number of ether oxygens (including phenoxy) is 2. The van der Waals surface area contributed by atoms with Gasteiger partial charge in [-0.05, 0) is 30.7 Å². The van der Waals surface area contributed by atoms with E-state index in [1.165, 1.54) is 0 Å². The summed E-state index contributed by atoms with van der Waals surface area (Å²) < 4.78 is 15.6. The molecule has 0 saturated heterocycles. The number of hydrogen-bond donors (Lipinski definition) is 1. The van der Waals surface area contributed by atoms with Crippen molar-refractivity contribution < 1.29 is 13.9 Å². The molecule has 1 aromatic carbocycles. The first-order chi connectivity index (χ1) is 9.24. The van der Waals surface area contributed by atoms with Crippen molar-refractivity contribution in [2.45, 2.75) is 19.5 Å². The van der Waals surface area contributed by atoms with Crippen LogP contribution in [0.2, 0.25) is 0 Å². The molecule has 4 heteroatoms. The van der Waals surface area contributed by atoms with Gasteiger partial charge in [0, 0.05) is 18.2 Å². The van der Waals surface area contributed by atoms with Gasteiger partial charge in [0.25, 0.3) is 0 Å². The van der Waals surface area contributed by atoms with Crippen LogP contribution < -0.4 is 14.8 Å². The van der Waals surface area contributed by atoms with Gasteiger partial charge in [-0.25, -0.2) is 0 Å². The SMILES string of the molecule is COc1ccc(CNC(C)c2ccoc2)cc1OC. The zero-order valence-corrected chi connectivity index (χ0v) is 11.5. The summed E-state index contributed by atoms with van der Waals surface area (Å²) in [7, 11) is 3.28. The highest BCUT2D eigenvalue weighted by Crippen LogP contribution is 2.27. The summed E-state index contributed by atoms with van der Waals surface area (Å²) in [6, 6.07) is 8.13. The van der Waals surface area contributed by atoms with Crippen LogP contribution in [0, 0.1) is 0 Å². The average Bonchev–Trinajstić information content (AvgIpc) is 2.98. The summed E-state index contributed by atoms with van der Waals surface area (Å²) in [5.74, 6) is 1.49. The molecule has 0 saturated carbocycles. The second-order valence-electron chi connectivity index (χ2n) is 4.35. The normalized spacial score (nSPS) is 12.2. The third kappa shape index (κ3) is 3.29. The molecule has 0 aliphatic rings. The molecule has 1 unspecified atom stereocenters. The first-order valence-corrected chi connectivity index (χ1v) is 6.21. The van der Waals surface area contributed by atoms with Crippen molar-refractivity contribution >= 4 is 0 Å². The van der Waals surface area contributed by atoms with Crippen LogP contribution in [0.25, 0.3) is 0 Å². The van der Waals surface area contributed by atoms with E-state index in [0.29, 0.717) is 0 Å². The van der Waals surface area contributed by atoms with E-state index in [1.54, 1.807) is 26.7 Å². The van der Waals surface area contributed by atoms with Crippen LogP contribution in [-0.4, -0.2) is 14.2 Å². The second-order valence-corrected chi connectivity index (χ2v) is 4.35. The van der Waals surface area contributed by atoms with Gasteiger partial charge in [-0.2, -0.15) is 0 Å². The quantitative estimate of drug-likeness (QED) is 0.867. The van der Waals surface area contributed by atoms with Crippen LogP contribution >= 0.6 is 0 Å². The highest BCUT2D eigenvalue weighted by molar-refractivity contribution is 5.42. The number of methoxy groups -OCH3 is 2. The number of rotatable bonds is 6. The Bertz CT molecular complexity index is 508. The molecule has 2 rings (SSSR count).